The predicted molar refractivity (Wildman–Crippen MR) is 101 cm³/mol. The zero-order chi connectivity index (χ0) is 17.8. The van der Waals surface area contributed by atoms with Gasteiger partial charge in [-0.25, -0.2) is 4.98 Å². The minimum absolute atomic E-state index is 0.0627. The van der Waals surface area contributed by atoms with Gasteiger partial charge in [0.15, 0.2) is 0 Å². The number of carbonyl (C=O) groups is 1. The summed E-state index contributed by atoms with van der Waals surface area (Å²) >= 11 is 0. The molecule has 0 saturated carbocycles. The molecule has 0 aliphatic heterocycles. The summed E-state index contributed by atoms with van der Waals surface area (Å²) in [5.41, 5.74) is 4.42. The van der Waals surface area contributed by atoms with Crippen LogP contribution in [-0.2, 0) is 4.74 Å². The number of carbonyl (C=O) groups excluding carboxylic acids is 1. The van der Waals surface area contributed by atoms with Gasteiger partial charge >= 0.3 is 0 Å². The van der Waals surface area contributed by atoms with Gasteiger partial charge in [0.05, 0.1) is 23.4 Å². The van der Waals surface area contributed by atoms with E-state index in [9.17, 15) is 4.79 Å². The first kappa shape index (κ1) is 17.1. The van der Waals surface area contributed by atoms with Crippen LogP contribution in [-0.4, -0.2) is 30.6 Å². The lowest BCUT2D eigenvalue weighted by Gasteiger charge is -2.15. The van der Waals surface area contributed by atoms with Gasteiger partial charge in [0.25, 0.3) is 5.91 Å². The minimum Gasteiger partial charge on any atom is -0.383 e. The molecule has 1 heterocycles. The molecule has 3 aromatic rings. The molecule has 2 aromatic carbocycles. The highest BCUT2D eigenvalue weighted by molar-refractivity contribution is 6.07. The third-order valence-corrected chi connectivity index (χ3v) is 4.10. The molecule has 0 saturated heterocycles. The van der Waals surface area contributed by atoms with Gasteiger partial charge in [-0.15, -0.1) is 0 Å². The van der Waals surface area contributed by atoms with Crippen molar-refractivity contribution in [3.05, 3.63) is 65.7 Å². The van der Waals surface area contributed by atoms with Crippen molar-refractivity contribution in [2.24, 2.45) is 0 Å². The van der Waals surface area contributed by atoms with Crippen LogP contribution in [0.3, 0.4) is 0 Å². The fraction of sp³-hybridized carbons (Fsp3) is 0.238. The van der Waals surface area contributed by atoms with Crippen LogP contribution in [0.2, 0.25) is 0 Å². The van der Waals surface area contributed by atoms with Crippen LogP contribution in [0.5, 0.6) is 0 Å². The average Bonchev–Trinajstić information content (AvgIpc) is 2.61. The van der Waals surface area contributed by atoms with Gasteiger partial charge in [0.1, 0.15) is 0 Å². The predicted octanol–water partition coefficient (Wildman–Crippen LogP) is 3.97. The van der Waals surface area contributed by atoms with Crippen molar-refractivity contribution in [1.82, 2.24) is 10.3 Å². The monoisotopic (exact) mass is 334 g/mol. The fourth-order valence-corrected chi connectivity index (χ4v) is 2.83. The molecule has 0 aliphatic rings. The first-order valence-corrected chi connectivity index (χ1v) is 8.35. The van der Waals surface area contributed by atoms with Crippen LogP contribution < -0.4 is 5.32 Å². The molecule has 0 aliphatic carbocycles. The van der Waals surface area contributed by atoms with E-state index in [1.165, 1.54) is 5.56 Å². The second-order valence-corrected chi connectivity index (χ2v) is 6.27. The Morgan fingerprint density at radius 1 is 1.16 bits per heavy atom. The number of fused-ring (bicyclic) bond motifs is 1. The maximum atomic E-state index is 12.8. The smallest absolute Gasteiger partial charge is 0.252 e. The Morgan fingerprint density at radius 2 is 1.88 bits per heavy atom. The quantitative estimate of drug-likeness (QED) is 0.768. The number of para-hydroxylation sites is 1. The Kier molecular flexibility index (Phi) is 5.10. The highest BCUT2D eigenvalue weighted by Gasteiger charge is 2.15. The summed E-state index contributed by atoms with van der Waals surface area (Å²) < 4.78 is 5.11. The number of aryl methyl sites for hydroxylation is 1. The molecule has 0 spiro atoms. The van der Waals surface area contributed by atoms with Crippen LogP contribution in [0, 0.1) is 6.92 Å². The number of methoxy groups -OCH3 is 1. The maximum Gasteiger partial charge on any atom is 0.252 e. The van der Waals surface area contributed by atoms with Crippen molar-refractivity contribution in [3.8, 4) is 11.3 Å². The lowest BCUT2D eigenvalue weighted by Crippen LogP contribution is -2.35. The number of hydrogen-bond donors (Lipinski definition) is 1. The molecule has 1 aromatic heterocycles. The van der Waals surface area contributed by atoms with Crippen LogP contribution in [0.1, 0.15) is 22.8 Å². The summed E-state index contributed by atoms with van der Waals surface area (Å²) in [7, 11) is 1.62. The number of amides is 1. The zero-order valence-corrected chi connectivity index (χ0v) is 14.7. The first-order valence-electron chi connectivity index (χ1n) is 8.35. The number of nitrogens with one attached hydrogen (secondary N) is 1. The van der Waals surface area contributed by atoms with E-state index in [2.05, 4.69) is 5.32 Å². The van der Waals surface area contributed by atoms with Gasteiger partial charge < -0.3 is 10.1 Å². The SMILES string of the molecule is COCC(C)NC(=O)c1cc(-c2ccc(C)cc2)nc2ccccc12. The van der Waals surface area contributed by atoms with Gasteiger partial charge in [-0.05, 0) is 26.0 Å². The van der Waals surface area contributed by atoms with Crippen molar-refractivity contribution < 1.29 is 9.53 Å². The summed E-state index contributed by atoms with van der Waals surface area (Å²) in [4.78, 5) is 17.5. The molecule has 128 valence electrons. The molecular weight excluding hydrogens is 312 g/mol. The van der Waals surface area contributed by atoms with E-state index in [1.54, 1.807) is 7.11 Å². The third-order valence-electron chi connectivity index (χ3n) is 4.10. The normalized spacial score (nSPS) is 12.1. The van der Waals surface area contributed by atoms with Crippen molar-refractivity contribution in [3.63, 3.8) is 0 Å². The standard InChI is InChI=1S/C21H22N2O2/c1-14-8-10-16(11-9-14)20-12-18(21(24)22-15(2)13-25-3)17-6-4-5-7-19(17)23-20/h4-12,15H,13H2,1-3H3,(H,22,24). The van der Waals surface area contributed by atoms with Crippen molar-refractivity contribution >= 4 is 16.8 Å². The second kappa shape index (κ2) is 7.45. The molecule has 4 nitrogen and oxygen atoms in total. The number of aromatic nitrogens is 1. The van der Waals surface area contributed by atoms with Crippen LogP contribution in [0.25, 0.3) is 22.2 Å². The summed E-state index contributed by atoms with van der Waals surface area (Å²) in [5, 5.41) is 3.83. The topological polar surface area (TPSA) is 51.2 Å². The molecule has 3 rings (SSSR count). The summed E-state index contributed by atoms with van der Waals surface area (Å²) in [6.07, 6.45) is 0. The molecule has 1 amide bonds. The molecule has 0 fully saturated rings. The van der Waals surface area contributed by atoms with Crippen molar-refractivity contribution in [2.45, 2.75) is 19.9 Å². The highest BCUT2D eigenvalue weighted by atomic mass is 16.5. The number of benzene rings is 2. The Morgan fingerprint density at radius 3 is 2.60 bits per heavy atom. The molecule has 1 unspecified atom stereocenters. The van der Waals surface area contributed by atoms with E-state index in [0.29, 0.717) is 12.2 Å². The number of pyridine rings is 1. The zero-order valence-electron chi connectivity index (χ0n) is 14.7. The maximum absolute atomic E-state index is 12.8. The van der Waals surface area contributed by atoms with Gasteiger partial charge in [-0.3, -0.25) is 4.79 Å². The molecule has 0 bridgehead atoms. The van der Waals surface area contributed by atoms with E-state index >= 15 is 0 Å². The van der Waals surface area contributed by atoms with Gasteiger partial charge in [0.2, 0.25) is 0 Å². The van der Waals surface area contributed by atoms with Gasteiger partial charge in [0, 0.05) is 24.1 Å². The van der Waals surface area contributed by atoms with Crippen LogP contribution >= 0.6 is 0 Å². The highest BCUT2D eigenvalue weighted by Crippen LogP contribution is 2.25. The van der Waals surface area contributed by atoms with Gasteiger partial charge in [-0.1, -0.05) is 48.0 Å². The summed E-state index contributed by atoms with van der Waals surface area (Å²) in [5.74, 6) is -0.114. The molecule has 25 heavy (non-hydrogen) atoms. The third kappa shape index (κ3) is 3.86. The minimum atomic E-state index is -0.114. The van der Waals surface area contributed by atoms with E-state index < -0.39 is 0 Å². The Labute approximate surface area is 147 Å². The molecule has 1 N–H and O–H groups in total. The summed E-state index contributed by atoms with van der Waals surface area (Å²) in [6, 6.07) is 17.7. The molecule has 1 atom stereocenters. The van der Waals surface area contributed by atoms with Crippen molar-refractivity contribution in [1.29, 1.82) is 0 Å². The van der Waals surface area contributed by atoms with Crippen LogP contribution in [0.15, 0.2) is 54.6 Å². The molecule has 0 radical (unpaired) electrons. The first-order chi connectivity index (χ1) is 12.1. The summed E-state index contributed by atoms with van der Waals surface area (Å²) in [6.45, 7) is 4.44. The number of rotatable bonds is 5. The second-order valence-electron chi connectivity index (χ2n) is 6.27. The van der Waals surface area contributed by atoms with E-state index in [-0.39, 0.29) is 11.9 Å². The lowest BCUT2D eigenvalue weighted by atomic mass is 10.0. The fourth-order valence-electron chi connectivity index (χ4n) is 2.83. The Hall–Kier alpha value is -2.72. The molecule has 4 heteroatoms. The van der Waals surface area contributed by atoms with E-state index in [4.69, 9.17) is 9.72 Å². The Balaban J connectivity index is 2.06. The number of nitrogens with zero attached hydrogens (tertiary/aromatic N) is 1. The van der Waals surface area contributed by atoms with Crippen molar-refractivity contribution in [2.75, 3.05) is 13.7 Å². The molecular formula is C21H22N2O2. The average molecular weight is 334 g/mol. The largest absolute Gasteiger partial charge is 0.383 e. The van der Waals surface area contributed by atoms with E-state index in [1.807, 2.05) is 68.4 Å². The van der Waals surface area contributed by atoms with Gasteiger partial charge in [-0.2, -0.15) is 0 Å². The number of ether oxygens (including phenoxy) is 1. The van der Waals surface area contributed by atoms with E-state index in [0.717, 1.165) is 22.2 Å². The van der Waals surface area contributed by atoms with Crippen LogP contribution in [0.4, 0.5) is 0 Å². The number of hydrogen-bond acceptors (Lipinski definition) is 3. The Bertz CT molecular complexity index is 888. The lowest BCUT2D eigenvalue weighted by molar-refractivity contribution is 0.0907.